The van der Waals surface area contributed by atoms with Crippen molar-refractivity contribution >= 4 is 9.84 Å². The van der Waals surface area contributed by atoms with E-state index in [1.54, 1.807) is 0 Å². The highest BCUT2D eigenvalue weighted by molar-refractivity contribution is 7.91. The summed E-state index contributed by atoms with van der Waals surface area (Å²) < 4.78 is 21.9. The second-order valence-electron chi connectivity index (χ2n) is 3.18. The van der Waals surface area contributed by atoms with E-state index in [2.05, 4.69) is 0 Å². The first-order valence-corrected chi connectivity index (χ1v) is 5.34. The number of sulfone groups is 1. The van der Waals surface area contributed by atoms with Crippen molar-refractivity contribution in [3.8, 4) is 0 Å². The second-order valence-corrected chi connectivity index (χ2v) is 5.41. The molecule has 0 bridgehead atoms. The van der Waals surface area contributed by atoms with Crippen molar-refractivity contribution in [2.75, 3.05) is 11.5 Å². The SMILES string of the molecule is C[C](C)C1CCS(=O)(=O)C1. The number of hydrogen-bond acceptors (Lipinski definition) is 2. The average molecular weight is 161 g/mol. The minimum absolute atomic E-state index is 0.338. The molecule has 1 rings (SSSR count). The molecule has 0 spiro atoms. The van der Waals surface area contributed by atoms with Crippen LogP contribution >= 0.6 is 0 Å². The molecule has 2 nitrogen and oxygen atoms in total. The quantitative estimate of drug-likeness (QED) is 0.575. The first-order chi connectivity index (χ1) is 4.51. The molecule has 0 aliphatic carbocycles. The third kappa shape index (κ3) is 1.72. The van der Waals surface area contributed by atoms with Crippen molar-refractivity contribution in [3.05, 3.63) is 5.92 Å². The lowest BCUT2D eigenvalue weighted by molar-refractivity contribution is 0.593. The van der Waals surface area contributed by atoms with Crippen LogP contribution in [0, 0.1) is 11.8 Å². The lowest BCUT2D eigenvalue weighted by Gasteiger charge is -2.09. The molecule has 3 heteroatoms. The van der Waals surface area contributed by atoms with Gasteiger partial charge in [0, 0.05) is 0 Å². The molecular weight excluding hydrogens is 148 g/mol. The lowest BCUT2D eigenvalue weighted by atomic mass is 9.96. The predicted octanol–water partition coefficient (Wildman–Crippen LogP) is 1.04. The second kappa shape index (κ2) is 2.53. The molecule has 1 aliphatic rings. The van der Waals surface area contributed by atoms with E-state index in [0.29, 0.717) is 17.4 Å². The molecule has 59 valence electrons. The van der Waals surface area contributed by atoms with Crippen LogP contribution in [0.1, 0.15) is 20.3 Å². The summed E-state index contributed by atoms with van der Waals surface area (Å²) in [7, 11) is -2.66. The van der Waals surface area contributed by atoms with Crippen LogP contribution in [0.4, 0.5) is 0 Å². The van der Waals surface area contributed by atoms with Crippen molar-refractivity contribution in [3.63, 3.8) is 0 Å². The van der Waals surface area contributed by atoms with Gasteiger partial charge in [0.05, 0.1) is 11.5 Å². The minimum Gasteiger partial charge on any atom is -0.229 e. The minimum atomic E-state index is -2.66. The van der Waals surface area contributed by atoms with Gasteiger partial charge in [-0.2, -0.15) is 0 Å². The molecule has 1 aliphatic heterocycles. The van der Waals surface area contributed by atoms with Crippen molar-refractivity contribution in [1.82, 2.24) is 0 Å². The summed E-state index contributed by atoms with van der Waals surface area (Å²) in [4.78, 5) is 0. The van der Waals surface area contributed by atoms with Crippen LogP contribution in [0.2, 0.25) is 0 Å². The summed E-state index contributed by atoms with van der Waals surface area (Å²) in [5, 5.41) is 0. The fourth-order valence-corrected chi connectivity index (χ4v) is 3.17. The fraction of sp³-hybridized carbons (Fsp3) is 0.857. The van der Waals surface area contributed by atoms with Gasteiger partial charge in [0.2, 0.25) is 0 Å². The number of rotatable bonds is 1. The van der Waals surface area contributed by atoms with E-state index in [4.69, 9.17) is 0 Å². The molecule has 1 atom stereocenters. The maximum absolute atomic E-state index is 10.9. The molecule has 1 fully saturated rings. The van der Waals surface area contributed by atoms with E-state index in [-0.39, 0.29) is 0 Å². The van der Waals surface area contributed by atoms with Crippen LogP contribution in [0.3, 0.4) is 0 Å². The standard InChI is InChI=1S/C7H13O2S/c1-6(2)7-3-4-10(8,9)5-7/h7H,3-5H2,1-2H3. The van der Waals surface area contributed by atoms with Crippen molar-refractivity contribution in [2.24, 2.45) is 5.92 Å². The van der Waals surface area contributed by atoms with Gasteiger partial charge < -0.3 is 0 Å². The van der Waals surface area contributed by atoms with Gasteiger partial charge in [-0.3, -0.25) is 0 Å². The van der Waals surface area contributed by atoms with E-state index in [1.165, 1.54) is 5.92 Å². The molecule has 1 radical (unpaired) electrons. The maximum Gasteiger partial charge on any atom is 0.150 e. The Morgan fingerprint density at radius 3 is 2.20 bits per heavy atom. The van der Waals surface area contributed by atoms with E-state index in [1.807, 2.05) is 13.8 Å². The Morgan fingerprint density at radius 1 is 1.40 bits per heavy atom. The monoisotopic (exact) mass is 161 g/mol. The smallest absolute Gasteiger partial charge is 0.150 e. The third-order valence-corrected chi connectivity index (χ3v) is 3.82. The topological polar surface area (TPSA) is 34.1 Å². The predicted molar refractivity (Wildman–Crippen MR) is 41.4 cm³/mol. The summed E-state index contributed by atoms with van der Waals surface area (Å²) in [5.41, 5.74) is 0. The molecule has 10 heavy (non-hydrogen) atoms. The maximum atomic E-state index is 10.9. The first-order valence-electron chi connectivity index (χ1n) is 3.52. The Balaban J connectivity index is 2.60. The van der Waals surface area contributed by atoms with Crippen molar-refractivity contribution in [1.29, 1.82) is 0 Å². The zero-order chi connectivity index (χ0) is 7.78. The number of hydrogen-bond donors (Lipinski definition) is 0. The van der Waals surface area contributed by atoms with Gasteiger partial charge in [0.25, 0.3) is 0 Å². The highest BCUT2D eigenvalue weighted by Crippen LogP contribution is 2.26. The van der Waals surface area contributed by atoms with E-state index < -0.39 is 9.84 Å². The van der Waals surface area contributed by atoms with Gasteiger partial charge >= 0.3 is 0 Å². The molecule has 1 saturated heterocycles. The summed E-state index contributed by atoms with van der Waals surface area (Å²) in [6.07, 6.45) is 0.838. The van der Waals surface area contributed by atoms with Gasteiger partial charge in [0.15, 0.2) is 9.84 Å². The molecule has 1 unspecified atom stereocenters. The Bertz CT molecular complexity index is 204. The van der Waals surface area contributed by atoms with Crippen LogP contribution in [-0.2, 0) is 9.84 Å². The molecule has 0 aromatic rings. The van der Waals surface area contributed by atoms with E-state index in [9.17, 15) is 8.42 Å². The summed E-state index contributed by atoms with van der Waals surface area (Å²) in [6, 6.07) is 0. The van der Waals surface area contributed by atoms with Crippen LogP contribution in [0.15, 0.2) is 0 Å². The summed E-state index contributed by atoms with van der Waals surface area (Å²) in [6.45, 7) is 4.01. The highest BCUT2D eigenvalue weighted by atomic mass is 32.2. The average Bonchev–Trinajstić information content (AvgIpc) is 2.10. The van der Waals surface area contributed by atoms with Gasteiger partial charge in [-0.1, -0.05) is 13.8 Å². The van der Waals surface area contributed by atoms with Crippen molar-refractivity contribution in [2.45, 2.75) is 20.3 Å². The van der Waals surface area contributed by atoms with Gasteiger partial charge in [-0.05, 0) is 18.3 Å². The normalized spacial score (nSPS) is 31.3. The van der Waals surface area contributed by atoms with E-state index >= 15 is 0 Å². The van der Waals surface area contributed by atoms with Crippen molar-refractivity contribution < 1.29 is 8.42 Å². The van der Waals surface area contributed by atoms with Gasteiger partial charge in [-0.25, -0.2) is 8.42 Å². The summed E-state index contributed by atoms with van der Waals surface area (Å²) >= 11 is 0. The van der Waals surface area contributed by atoms with Crippen LogP contribution in [-0.4, -0.2) is 19.9 Å². The van der Waals surface area contributed by atoms with Crippen LogP contribution < -0.4 is 0 Å². The van der Waals surface area contributed by atoms with Crippen LogP contribution in [0.25, 0.3) is 0 Å². The summed E-state index contributed by atoms with van der Waals surface area (Å²) in [5.74, 6) is 2.36. The molecule has 0 N–H and O–H groups in total. The fourth-order valence-electron chi connectivity index (χ4n) is 1.25. The zero-order valence-electron chi connectivity index (χ0n) is 6.42. The Labute approximate surface area is 62.5 Å². The molecule has 0 amide bonds. The Morgan fingerprint density at radius 2 is 2.00 bits per heavy atom. The first kappa shape index (κ1) is 8.05. The van der Waals surface area contributed by atoms with Gasteiger partial charge in [-0.15, -0.1) is 0 Å². The zero-order valence-corrected chi connectivity index (χ0v) is 7.24. The molecular formula is C7H13O2S. The largest absolute Gasteiger partial charge is 0.229 e. The molecule has 0 aromatic heterocycles. The molecule has 1 heterocycles. The highest BCUT2D eigenvalue weighted by Gasteiger charge is 2.29. The molecule has 0 aromatic carbocycles. The Hall–Kier alpha value is -0.0500. The third-order valence-electron chi connectivity index (χ3n) is 2.05. The van der Waals surface area contributed by atoms with Gasteiger partial charge in [0.1, 0.15) is 0 Å². The Kier molecular flexibility index (Phi) is 2.04. The van der Waals surface area contributed by atoms with E-state index in [0.717, 1.165) is 6.42 Å². The van der Waals surface area contributed by atoms with Crippen LogP contribution in [0.5, 0.6) is 0 Å². The lowest BCUT2D eigenvalue weighted by Crippen LogP contribution is -2.08. The molecule has 0 saturated carbocycles.